The first-order valence-electron chi connectivity index (χ1n) is 7.11. The lowest BCUT2D eigenvalue weighted by atomic mass is 9.98. The summed E-state index contributed by atoms with van der Waals surface area (Å²) in [6.45, 7) is 5.59. The van der Waals surface area contributed by atoms with E-state index in [0.29, 0.717) is 18.6 Å². The number of nitrogens with zero attached hydrogens (tertiary/aromatic N) is 1. The van der Waals surface area contributed by atoms with Crippen LogP contribution in [-0.2, 0) is 9.53 Å². The molecular weight excluding hydrogens is 264 g/mol. The molecule has 2 N–H and O–H groups in total. The summed E-state index contributed by atoms with van der Waals surface area (Å²) in [5.74, 6) is 0.673. The molecule has 0 aromatic carbocycles. The smallest absolute Gasteiger partial charge is 0.242 e. The first-order valence-corrected chi connectivity index (χ1v) is 7.11. The number of hydrogen-bond donors (Lipinski definition) is 1. The highest BCUT2D eigenvalue weighted by molar-refractivity contribution is 5.85. The lowest BCUT2D eigenvalue weighted by Crippen LogP contribution is -2.50. The highest BCUT2D eigenvalue weighted by atomic mass is 35.5. The summed E-state index contributed by atoms with van der Waals surface area (Å²) in [7, 11) is 1.58. The van der Waals surface area contributed by atoms with E-state index >= 15 is 0 Å². The molecule has 5 heteroatoms. The van der Waals surface area contributed by atoms with E-state index in [2.05, 4.69) is 13.8 Å². The molecule has 1 amide bonds. The Kier molecular flexibility index (Phi) is 9.40. The molecule has 2 atom stereocenters. The zero-order valence-corrected chi connectivity index (χ0v) is 13.2. The Hall–Kier alpha value is -0.320. The van der Waals surface area contributed by atoms with Gasteiger partial charge in [-0.05, 0) is 25.2 Å². The average Bonchev–Trinajstić information content (AvgIpc) is 2.53. The number of nitrogens with two attached hydrogens (primary N) is 1. The SMILES string of the molecule is COCC(N)C(=O)N1CCCCCC1CC(C)C.Cl. The summed E-state index contributed by atoms with van der Waals surface area (Å²) in [6.07, 6.45) is 5.73. The normalized spacial score (nSPS) is 21.7. The van der Waals surface area contributed by atoms with Gasteiger partial charge in [0.25, 0.3) is 0 Å². The van der Waals surface area contributed by atoms with Crippen LogP contribution in [0.4, 0.5) is 0 Å². The second-order valence-corrected chi connectivity index (χ2v) is 5.73. The highest BCUT2D eigenvalue weighted by Gasteiger charge is 2.29. The average molecular weight is 293 g/mol. The van der Waals surface area contributed by atoms with Gasteiger partial charge in [0.05, 0.1) is 6.61 Å². The Labute approximate surface area is 123 Å². The van der Waals surface area contributed by atoms with Gasteiger partial charge in [0.15, 0.2) is 0 Å². The van der Waals surface area contributed by atoms with Gasteiger partial charge in [-0.3, -0.25) is 4.79 Å². The number of likely N-dealkylation sites (tertiary alicyclic amines) is 1. The van der Waals surface area contributed by atoms with Crippen LogP contribution in [0.5, 0.6) is 0 Å². The third kappa shape index (κ3) is 6.11. The van der Waals surface area contributed by atoms with Crippen molar-refractivity contribution in [1.82, 2.24) is 4.90 Å². The third-order valence-corrected chi connectivity index (χ3v) is 3.57. The Morgan fingerprint density at radius 2 is 2.05 bits per heavy atom. The van der Waals surface area contributed by atoms with Crippen LogP contribution in [0.1, 0.15) is 46.0 Å². The van der Waals surface area contributed by atoms with Crippen molar-refractivity contribution < 1.29 is 9.53 Å². The molecule has 0 aromatic rings. The lowest BCUT2D eigenvalue weighted by molar-refractivity contribution is -0.136. The number of hydrogen-bond acceptors (Lipinski definition) is 3. The van der Waals surface area contributed by atoms with Gasteiger partial charge in [-0.25, -0.2) is 0 Å². The van der Waals surface area contributed by atoms with Crippen LogP contribution in [0.25, 0.3) is 0 Å². The van der Waals surface area contributed by atoms with E-state index in [1.165, 1.54) is 12.8 Å². The number of ether oxygens (including phenoxy) is 1. The van der Waals surface area contributed by atoms with Crippen LogP contribution in [0.15, 0.2) is 0 Å². The maximum Gasteiger partial charge on any atom is 0.242 e. The van der Waals surface area contributed by atoms with E-state index < -0.39 is 6.04 Å². The fourth-order valence-corrected chi connectivity index (χ4v) is 2.72. The van der Waals surface area contributed by atoms with E-state index in [-0.39, 0.29) is 18.3 Å². The minimum Gasteiger partial charge on any atom is -0.383 e. The van der Waals surface area contributed by atoms with Crippen LogP contribution >= 0.6 is 12.4 Å². The number of methoxy groups -OCH3 is 1. The topological polar surface area (TPSA) is 55.6 Å². The molecule has 1 aliphatic rings. The Balaban J connectivity index is 0.00000324. The number of carbonyl (C=O) groups is 1. The van der Waals surface area contributed by atoms with Gasteiger partial charge >= 0.3 is 0 Å². The van der Waals surface area contributed by atoms with E-state index in [4.69, 9.17) is 10.5 Å². The van der Waals surface area contributed by atoms with Crippen LogP contribution < -0.4 is 5.73 Å². The minimum absolute atomic E-state index is 0. The summed E-state index contributed by atoms with van der Waals surface area (Å²) in [4.78, 5) is 14.4. The molecule has 1 rings (SSSR count). The summed E-state index contributed by atoms with van der Waals surface area (Å²) >= 11 is 0. The van der Waals surface area contributed by atoms with Crippen LogP contribution in [0.3, 0.4) is 0 Å². The van der Waals surface area contributed by atoms with E-state index in [0.717, 1.165) is 25.8 Å². The first-order chi connectivity index (χ1) is 8.56. The zero-order valence-electron chi connectivity index (χ0n) is 12.4. The Bertz CT molecular complexity index is 262. The molecular formula is C14H29ClN2O2. The molecule has 0 aromatic heterocycles. The van der Waals surface area contributed by atoms with Gasteiger partial charge in [0, 0.05) is 19.7 Å². The molecule has 0 aliphatic carbocycles. The first kappa shape index (κ1) is 18.7. The monoisotopic (exact) mass is 292 g/mol. The fourth-order valence-electron chi connectivity index (χ4n) is 2.72. The molecule has 0 spiro atoms. The maximum atomic E-state index is 12.4. The number of halogens is 1. The molecule has 114 valence electrons. The second kappa shape index (κ2) is 9.56. The molecule has 2 unspecified atom stereocenters. The van der Waals surface area contributed by atoms with Gasteiger partial charge in [-0.15, -0.1) is 12.4 Å². The van der Waals surface area contributed by atoms with Gasteiger partial charge < -0.3 is 15.4 Å². The molecule has 19 heavy (non-hydrogen) atoms. The van der Waals surface area contributed by atoms with Crippen LogP contribution in [0.2, 0.25) is 0 Å². The van der Waals surface area contributed by atoms with Crippen molar-refractivity contribution in [2.24, 2.45) is 11.7 Å². The molecule has 1 heterocycles. The Morgan fingerprint density at radius 3 is 2.63 bits per heavy atom. The molecule has 0 radical (unpaired) electrons. The van der Waals surface area contributed by atoms with Crippen molar-refractivity contribution in [2.75, 3.05) is 20.3 Å². The van der Waals surface area contributed by atoms with Crippen molar-refractivity contribution in [3.8, 4) is 0 Å². The summed E-state index contributed by atoms with van der Waals surface area (Å²) in [5, 5.41) is 0. The van der Waals surface area contributed by atoms with Crippen molar-refractivity contribution in [1.29, 1.82) is 0 Å². The van der Waals surface area contributed by atoms with Gasteiger partial charge in [-0.2, -0.15) is 0 Å². The van der Waals surface area contributed by atoms with E-state index in [9.17, 15) is 4.79 Å². The van der Waals surface area contributed by atoms with Gasteiger partial charge in [0.2, 0.25) is 5.91 Å². The summed E-state index contributed by atoms with van der Waals surface area (Å²) in [5.41, 5.74) is 5.89. The van der Waals surface area contributed by atoms with E-state index in [1.54, 1.807) is 7.11 Å². The number of amides is 1. The molecule has 1 saturated heterocycles. The maximum absolute atomic E-state index is 12.4. The molecule has 1 fully saturated rings. The highest BCUT2D eigenvalue weighted by Crippen LogP contribution is 2.22. The van der Waals surface area contributed by atoms with Gasteiger partial charge in [0.1, 0.15) is 6.04 Å². The van der Waals surface area contributed by atoms with E-state index in [1.807, 2.05) is 4.90 Å². The van der Waals surface area contributed by atoms with Crippen molar-refractivity contribution in [3.63, 3.8) is 0 Å². The predicted octanol–water partition coefficient (Wildman–Crippen LogP) is 2.20. The predicted molar refractivity (Wildman–Crippen MR) is 80.5 cm³/mol. The summed E-state index contributed by atoms with van der Waals surface area (Å²) in [6, 6.07) is -0.148. The molecule has 1 aliphatic heterocycles. The number of rotatable bonds is 5. The Morgan fingerprint density at radius 1 is 1.37 bits per heavy atom. The summed E-state index contributed by atoms with van der Waals surface area (Å²) < 4.78 is 4.99. The minimum atomic E-state index is -0.511. The number of carbonyl (C=O) groups excluding carboxylic acids is 1. The van der Waals surface area contributed by atoms with Crippen molar-refractivity contribution in [3.05, 3.63) is 0 Å². The van der Waals surface area contributed by atoms with Crippen molar-refractivity contribution >= 4 is 18.3 Å². The molecule has 0 saturated carbocycles. The standard InChI is InChI=1S/C14H28N2O2.ClH/c1-11(2)9-12-7-5-4-6-8-16(12)14(17)13(15)10-18-3;/h11-13H,4-10,15H2,1-3H3;1H. The zero-order chi connectivity index (χ0) is 13.5. The third-order valence-electron chi connectivity index (χ3n) is 3.57. The quantitative estimate of drug-likeness (QED) is 0.845. The van der Waals surface area contributed by atoms with Crippen molar-refractivity contribution in [2.45, 2.75) is 58.0 Å². The molecule has 4 nitrogen and oxygen atoms in total. The largest absolute Gasteiger partial charge is 0.383 e. The molecule has 0 bridgehead atoms. The fraction of sp³-hybridized carbons (Fsp3) is 0.929. The van der Waals surface area contributed by atoms with Crippen LogP contribution in [0, 0.1) is 5.92 Å². The second-order valence-electron chi connectivity index (χ2n) is 5.73. The van der Waals surface area contributed by atoms with Gasteiger partial charge in [-0.1, -0.05) is 26.7 Å². The van der Waals surface area contributed by atoms with Crippen LogP contribution in [-0.4, -0.2) is 43.2 Å². The lowest BCUT2D eigenvalue weighted by Gasteiger charge is -2.33.